The molecule has 86 valence electrons. The number of likely N-dealkylation sites (tertiary alicyclic amines) is 1. The molecule has 1 N–H and O–H groups in total. The largest absolute Gasteiger partial charge is 0.478 e. The van der Waals surface area contributed by atoms with Crippen molar-refractivity contribution in [2.45, 2.75) is 19.4 Å². The highest BCUT2D eigenvalue weighted by molar-refractivity contribution is 5.87. The Kier molecular flexibility index (Phi) is 3.19. The summed E-state index contributed by atoms with van der Waals surface area (Å²) in [7, 11) is 0. The van der Waals surface area contributed by atoms with E-state index in [2.05, 4.69) is 4.90 Å². The van der Waals surface area contributed by atoms with E-state index in [0.717, 1.165) is 24.7 Å². The number of halogens is 1. The standard InChI is InChI=1S/C12H14FNO2/c13-11-6-9(5-10(7-11)12(15)16)8-14-3-1-2-4-14/h5-7H,1-4,8H2,(H,15,16). The van der Waals surface area contributed by atoms with E-state index in [-0.39, 0.29) is 5.56 Å². The third kappa shape index (κ3) is 2.58. The maximum atomic E-state index is 13.2. The summed E-state index contributed by atoms with van der Waals surface area (Å²) >= 11 is 0. The molecule has 0 amide bonds. The van der Waals surface area contributed by atoms with Gasteiger partial charge in [-0.05, 0) is 49.7 Å². The molecule has 1 fully saturated rings. The molecule has 0 unspecified atom stereocenters. The van der Waals surface area contributed by atoms with Gasteiger partial charge in [0.05, 0.1) is 5.56 Å². The van der Waals surface area contributed by atoms with Gasteiger partial charge in [0.25, 0.3) is 0 Å². The summed E-state index contributed by atoms with van der Waals surface area (Å²) in [4.78, 5) is 13.0. The molecule has 0 aliphatic carbocycles. The van der Waals surface area contributed by atoms with Crippen molar-refractivity contribution in [3.05, 3.63) is 35.1 Å². The highest BCUT2D eigenvalue weighted by atomic mass is 19.1. The van der Waals surface area contributed by atoms with E-state index in [9.17, 15) is 9.18 Å². The Bertz CT molecular complexity index is 400. The fraction of sp³-hybridized carbons (Fsp3) is 0.417. The van der Waals surface area contributed by atoms with Crippen molar-refractivity contribution < 1.29 is 14.3 Å². The molecule has 4 heteroatoms. The SMILES string of the molecule is O=C(O)c1cc(F)cc(CN2CCCC2)c1. The molecule has 0 saturated carbocycles. The van der Waals surface area contributed by atoms with Crippen LogP contribution in [0.3, 0.4) is 0 Å². The Balaban J connectivity index is 2.16. The first-order valence-electron chi connectivity index (χ1n) is 5.40. The van der Waals surface area contributed by atoms with Crippen LogP contribution in [0.25, 0.3) is 0 Å². The minimum atomic E-state index is -1.08. The second-order valence-electron chi connectivity index (χ2n) is 4.14. The van der Waals surface area contributed by atoms with E-state index in [1.807, 2.05) is 0 Å². The number of benzene rings is 1. The van der Waals surface area contributed by atoms with Gasteiger partial charge in [-0.15, -0.1) is 0 Å². The Labute approximate surface area is 93.5 Å². The summed E-state index contributed by atoms with van der Waals surface area (Å²) in [6.45, 7) is 2.66. The molecule has 1 aromatic rings. The van der Waals surface area contributed by atoms with Crippen molar-refractivity contribution >= 4 is 5.97 Å². The van der Waals surface area contributed by atoms with Crippen molar-refractivity contribution in [2.75, 3.05) is 13.1 Å². The van der Waals surface area contributed by atoms with Gasteiger partial charge in [-0.3, -0.25) is 4.90 Å². The molecule has 1 aliphatic rings. The first-order chi connectivity index (χ1) is 7.65. The second-order valence-corrected chi connectivity index (χ2v) is 4.14. The van der Waals surface area contributed by atoms with Crippen LogP contribution >= 0.6 is 0 Å². The van der Waals surface area contributed by atoms with Crippen LogP contribution in [0.2, 0.25) is 0 Å². The predicted molar refractivity (Wildman–Crippen MR) is 57.9 cm³/mol. The average molecular weight is 223 g/mol. The van der Waals surface area contributed by atoms with Gasteiger partial charge in [-0.25, -0.2) is 9.18 Å². The topological polar surface area (TPSA) is 40.5 Å². The van der Waals surface area contributed by atoms with E-state index in [0.29, 0.717) is 6.54 Å². The quantitative estimate of drug-likeness (QED) is 0.853. The lowest BCUT2D eigenvalue weighted by Gasteiger charge is -2.14. The van der Waals surface area contributed by atoms with Crippen LogP contribution in [0, 0.1) is 5.82 Å². The Morgan fingerprint density at radius 3 is 2.62 bits per heavy atom. The van der Waals surface area contributed by atoms with Gasteiger partial charge in [0.15, 0.2) is 0 Å². The minimum Gasteiger partial charge on any atom is -0.478 e. The zero-order valence-corrected chi connectivity index (χ0v) is 8.95. The molecule has 16 heavy (non-hydrogen) atoms. The summed E-state index contributed by atoms with van der Waals surface area (Å²) in [5.74, 6) is -1.56. The number of hydrogen-bond acceptors (Lipinski definition) is 2. The smallest absolute Gasteiger partial charge is 0.335 e. The zero-order valence-electron chi connectivity index (χ0n) is 8.95. The van der Waals surface area contributed by atoms with Crippen molar-refractivity contribution in [1.29, 1.82) is 0 Å². The molecule has 2 rings (SSSR count). The first kappa shape index (κ1) is 11.1. The number of rotatable bonds is 3. The van der Waals surface area contributed by atoms with Crippen LogP contribution in [0.5, 0.6) is 0 Å². The third-order valence-corrected chi connectivity index (χ3v) is 2.81. The Hall–Kier alpha value is -1.42. The molecule has 0 radical (unpaired) electrons. The maximum Gasteiger partial charge on any atom is 0.335 e. The zero-order chi connectivity index (χ0) is 11.5. The van der Waals surface area contributed by atoms with Gasteiger partial charge < -0.3 is 5.11 Å². The number of carbonyl (C=O) groups is 1. The van der Waals surface area contributed by atoms with E-state index < -0.39 is 11.8 Å². The molecule has 0 aromatic heterocycles. The average Bonchev–Trinajstić information content (AvgIpc) is 2.69. The summed E-state index contributed by atoms with van der Waals surface area (Å²) in [5, 5.41) is 8.81. The van der Waals surface area contributed by atoms with Crippen molar-refractivity contribution in [2.24, 2.45) is 0 Å². The Morgan fingerprint density at radius 1 is 1.31 bits per heavy atom. The lowest BCUT2D eigenvalue weighted by atomic mass is 10.1. The third-order valence-electron chi connectivity index (χ3n) is 2.81. The van der Waals surface area contributed by atoms with E-state index in [1.54, 1.807) is 6.07 Å². The van der Waals surface area contributed by atoms with Crippen LogP contribution in [0.15, 0.2) is 18.2 Å². The molecule has 1 saturated heterocycles. The number of nitrogens with zero attached hydrogens (tertiary/aromatic N) is 1. The summed E-state index contributed by atoms with van der Waals surface area (Å²) < 4.78 is 13.2. The van der Waals surface area contributed by atoms with Crippen molar-refractivity contribution in [1.82, 2.24) is 4.90 Å². The molecule has 3 nitrogen and oxygen atoms in total. The lowest BCUT2D eigenvalue weighted by molar-refractivity contribution is 0.0696. The fourth-order valence-corrected chi connectivity index (χ4v) is 2.06. The van der Waals surface area contributed by atoms with E-state index >= 15 is 0 Å². The molecule has 0 bridgehead atoms. The van der Waals surface area contributed by atoms with Gasteiger partial charge in [0, 0.05) is 6.54 Å². The normalized spacial score (nSPS) is 16.6. The molecule has 1 aromatic carbocycles. The van der Waals surface area contributed by atoms with Crippen LogP contribution in [-0.4, -0.2) is 29.1 Å². The van der Waals surface area contributed by atoms with Gasteiger partial charge in [0.2, 0.25) is 0 Å². The lowest BCUT2D eigenvalue weighted by Crippen LogP contribution is -2.18. The van der Waals surface area contributed by atoms with Crippen molar-refractivity contribution in [3.63, 3.8) is 0 Å². The molecule has 1 aliphatic heterocycles. The summed E-state index contributed by atoms with van der Waals surface area (Å²) in [6.07, 6.45) is 2.34. The van der Waals surface area contributed by atoms with Crippen LogP contribution < -0.4 is 0 Å². The maximum absolute atomic E-state index is 13.2. The molecular weight excluding hydrogens is 209 g/mol. The van der Waals surface area contributed by atoms with Gasteiger partial charge in [-0.2, -0.15) is 0 Å². The Morgan fingerprint density at radius 2 is 2.00 bits per heavy atom. The molecule has 1 heterocycles. The number of aromatic carboxylic acids is 1. The highest BCUT2D eigenvalue weighted by Gasteiger charge is 2.13. The summed E-state index contributed by atoms with van der Waals surface area (Å²) in [5.41, 5.74) is 0.758. The van der Waals surface area contributed by atoms with Gasteiger partial charge in [-0.1, -0.05) is 0 Å². The van der Waals surface area contributed by atoms with Crippen LogP contribution in [-0.2, 0) is 6.54 Å². The predicted octanol–water partition coefficient (Wildman–Crippen LogP) is 2.12. The fourth-order valence-electron chi connectivity index (χ4n) is 2.06. The molecule has 0 spiro atoms. The minimum absolute atomic E-state index is 0.0224. The monoisotopic (exact) mass is 223 g/mol. The second kappa shape index (κ2) is 4.61. The summed E-state index contributed by atoms with van der Waals surface area (Å²) in [6, 6.07) is 4.00. The number of carboxylic acids is 1. The number of hydrogen-bond donors (Lipinski definition) is 1. The first-order valence-corrected chi connectivity index (χ1v) is 5.40. The number of carboxylic acid groups (broad SMARTS) is 1. The van der Waals surface area contributed by atoms with Crippen LogP contribution in [0.1, 0.15) is 28.8 Å². The van der Waals surface area contributed by atoms with E-state index in [1.165, 1.54) is 18.9 Å². The molecular formula is C12H14FNO2. The molecule has 0 atom stereocenters. The van der Waals surface area contributed by atoms with Gasteiger partial charge in [0.1, 0.15) is 5.82 Å². The van der Waals surface area contributed by atoms with Crippen LogP contribution in [0.4, 0.5) is 4.39 Å². The van der Waals surface area contributed by atoms with Crippen molar-refractivity contribution in [3.8, 4) is 0 Å². The van der Waals surface area contributed by atoms with E-state index in [4.69, 9.17) is 5.11 Å². The highest BCUT2D eigenvalue weighted by Crippen LogP contribution is 2.15. The van der Waals surface area contributed by atoms with Gasteiger partial charge >= 0.3 is 5.97 Å².